The van der Waals surface area contributed by atoms with E-state index in [4.69, 9.17) is 10.9 Å². The zero-order valence-electron chi connectivity index (χ0n) is 11.6. The van der Waals surface area contributed by atoms with E-state index in [-0.39, 0.29) is 24.3 Å². The fraction of sp³-hybridized carbons (Fsp3) is 0.857. The Labute approximate surface area is 114 Å². The highest BCUT2D eigenvalue weighted by Crippen LogP contribution is 2.30. The van der Waals surface area contributed by atoms with Gasteiger partial charge in [-0.3, -0.25) is 4.79 Å². The molecule has 0 spiro atoms. The average Bonchev–Trinajstić information content (AvgIpc) is 3.08. The van der Waals surface area contributed by atoms with Gasteiger partial charge in [0.05, 0.1) is 6.54 Å². The Hall–Kier alpha value is -1.26. The second-order valence-corrected chi connectivity index (χ2v) is 5.91. The van der Waals surface area contributed by atoms with Crippen LogP contribution in [-0.4, -0.2) is 34.4 Å². The van der Waals surface area contributed by atoms with Gasteiger partial charge in [0, 0.05) is 12.5 Å². The van der Waals surface area contributed by atoms with Gasteiger partial charge in [0.1, 0.15) is 0 Å². The van der Waals surface area contributed by atoms with Crippen molar-refractivity contribution in [2.75, 3.05) is 6.54 Å². The number of carbonyl (C=O) groups excluding carboxylic acids is 1. The van der Waals surface area contributed by atoms with Crippen LogP contribution >= 0.6 is 0 Å². The topological polar surface area (TPSA) is 78.9 Å². The molecule has 0 aliphatic heterocycles. The molecule has 0 radical (unpaired) electrons. The predicted molar refractivity (Wildman–Crippen MR) is 74.0 cm³/mol. The Morgan fingerprint density at radius 1 is 1.16 bits per heavy atom. The Morgan fingerprint density at radius 2 is 1.74 bits per heavy atom. The Bertz CT molecular complexity index is 332. The Balaban J connectivity index is 1.96. The number of amides is 1. The number of amidine groups is 1. The molecule has 2 rings (SSSR count). The normalized spacial score (nSPS) is 22.0. The maximum atomic E-state index is 12.5. The molecule has 2 aliphatic rings. The maximum Gasteiger partial charge on any atom is 0.223 e. The van der Waals surface area contributed by atoms with Gasteiger partial charge >= 0.3 is 0 Å². The van der Waals surface area contributed by atoms with Gasteiger partial charge in [-0.25, -0.2) is 0 Å². The Kier molecular flexibility index (Phi) is 5.05. The highest BCUT2D eigenvalue weighted by molar-refractivity contribution is 5.87. The van der Waals surface area contributed by atoms with Gasteiger partial charge in [0.15, 0.2) is 5.84 Å². The molecule has 2 fully saturated rings. The molecule has 0 saturated heterocycles. The molecule has 19 heavy (non-hydrogen) atoms. The lowest BCUT2D eigenvalue weighted by Gasteiger charge is -2.29. The van der Waals surface area contributed by atoms with Gasteiger partial charge in [-0.1, -0.05) is 30.8 Å². The number of oxime groups is 1. The van der Waals surface area contributed by atoms with Gasteiger partial charge < -0.3 is 15.8 Å². The summed E-state index contributed by atoms with van der Waals surface area (Å²) >= 11 is 0. The lowest BCUT2D eigenvalue weighted by Crippen LogP contribution is -2.44. The van der Waals surface area contributed by atoms with Crippen LogP contribution in [0.15, 0.2) is 5.16 Å². The molecule has 5 heteroatoms. The molecule has 0 bridgehead atoms. The fourth-order valence-corrected chi connectivity index (χ4v) is 3.42. The lowest BCUT2D eigenvalue weighted by molar-refractivity contribution is -0.133. The number of nitrogens with two attached hydrogens (primary N) is 1. The number of carbonyl (C=O) groups is 1. The Morgan fingerprint density at radius 3 is 2.32 bits per heavy atom. The summed E-state index contributed by atoms with van der Waals surface area (Å²) in [5.74, 6) is 0.862. The van der Waals surface area contributed by atoms with Crippen molar-refractivity contribution < 1.29 is 10.0 Å². The summed E-state index contributed by atoms with van der Waals surface area (Å²) in [6, 6.07) is 0.286. The van der Waals surface area contributed by atoms with Crippen LogP contribution in [0.25, 0.3) is 0 Å². The van der Waals surface area contributed by atoms with Crippen LogP contribution in [0, 0.1) is 5.92 Å². The van der Waals surface area contributed by atoms with Gasteiger partial charge in [0.25, 0.3) is 0 Å². The highest BCUT2D eigenvalue weighted by atomic mass is 16.4. The second kappa shape index (κ2) is 6.78. The number of rotatable bonds is 5. The molecule has 0 aromatic carbocycles. The van der Waals surface area contributed by atoms with E-state index in [1.54, 1.807) is 0 Å². The monoisotopic (exact) mass is 267 g/mol. The van der Waals surface area contributed by atoms with Crippen LogP contribution in [0.1, 0.15) is 57.8 Å². The van der Waals surface area contributed by atoms with Gasteiger partial charge in [-0.15, -0.1) is 0 Å². The molecular weight excluding hydrogens is 242 g/mol. The van der Waals surface area contributed by atoms with E-state index in [0.29, 0.717) is 12.3 Å². The van der Waals surface area contributed by atoms with E-state index in [2.05, 4.69) is 5.16 Å². The van der Waals surface area contributed by atoms with Crippen molar-refractivity contribution in [1.82, 2.24) is 4.90 Å². The van der Waals surface area contributed by atoms with Crippen molar-refractivity contribution in [3.8, 4) is 0 Å². The highest BCUT2D eigenvalue weighted by Gasteiger charge is 2.29. The summed E-state index contributed by atoms with van der Waals surface area (Å²) in [6.07, 6.45) is 9.94. The van der Waals surface area contributed by atoms with E-state index in [9.17, 15) is 4.79 Å². The van der Waals surface area contributed by atoms with Gasteiger partial charge in [0.2, 0.25) is 5.91 Å². The SMILES string of the molecule is NC(CN(C(=O)CC1CCCC1)C1CCCC1)=NO. The third kappa shape index (κ3) is 3.85. The van der Waals surface area contributed by atoms with Gasteiger partial charge in [-0.2, -0.15) is 0 Å². The molecule has 2 saturated carbocycles. The van der Waals surface area contributed by atoms with Crippen molar-refractivity contribution in [3.63, 3.8) is 0 Å². The molecule has 1 amide bonds. The number of hydrogen-bond donors (Lipinski definition) is 2. The summed E-state index contributed by atoms with van der Waals surface area (Å²) in [7, 11) is 0. The van der Waals surface area contributed by atoms with E-state index < -0.39 is 0 Å². The third-order valence-electron chi connectivity index (χ3n) is 4.48. The van der Waals surface area contributed by atoms with Crippen molar-refractivity contribution in [3.05, 3.63) is 0 Å². The van der Waals surface area contributed by atoms with Crippen LogP contribution in [0.5, 0.6) is 0 Å². The molecule has 108 valence electrons. The first-order chi connectivity index (χ1) is 9.20. The largest absolute Gasteiger partial charge is 0.409 e. The molecule has 0 heterocycles. The lowest BCUT2D eigenvalue weighted by atomic mass is 10.0. The van der Waals surface area contributed by atoms with Crippen LogP contribution in [-0.2, 0) is 4.79 Å². The van der Waals surface area contributed by atoms with E-state index in [0.717, 1.165) is 12.8 Å². The molecular formula is C14H25N3O2. The van der Waals surface area contributed by atoms with Gasteiger partial charge in [-0.05, 0) is 31.6 Å². The number of nitrogens with zero attached hydrogens (tertiary/aromatic N) is 2. The first-order valence-electron chi connectivity index (χ1n) is 7.46. The summed E-state index contributed by atoms with van der Waals surface area (Å²) in [4.78, 5) is 14.3. The minimum absolute atomic E-state index is 0.131. The van der Waals surface area contributed by atoms with Crippen molar-refractivity contribution in [2.45, 2.75) is 63.8 Å². The second-order valence-electron chi connectivity index (χ2n) is 5.91. The molecule has 0 atom stereocenters. The minimum atomic E-state index is 0.131. The average molecular weight is 267 g/mol. The molecule has 5 nitrogen and oxygen atoms in total. The summed E-state index contributed by atoms with van der Waals surface area (Å²) < 4.78 is 0. The minimum Gasteiger partial charge on any atom is -0.409 e. The van der Waals surface area contributed by atoms with Crippen molar-refractivity contribution in [2.24, 2.45) is 16.8 Å². The summed E-state index contributed by atoms with van der Waals surface area (Å²) in [6.45, 7) is 0.271. The third-order valence-corrected chi connectivity index (χ3v) is 4.48. The first-order valence-corrected chi connectivity index (χ1v) is 7.46. The molecule has 0 unspecified atom stereocenters. The van der Waals surface area contributed by atoms with E-state index >= 15 is 0 Å². The van der Waals surface area contributed by atoms with Crippen molar-refractivity contribution in [1.29, 1.82) is 0 Å². The fourth-order valence-electron chi connectivity index (χ4n) is 3.42. The van der Waals surface area contributed by atoms with Crippen LogP contribution in [0.3, 0.4) is 0 Å². The quantitative estimate of drug-likeness (QED) is 0.346. The van der Waals surface area contributed by atoms with Crippen molar-refractivity contribution >= 4 is 11.7 Å². The van der Waals surface area contributed by atoms with Crippen LogP contribution < -0.4 is 5.73 Å². The van der Waals surface area contributed by atoms with E-state index in [1.165, 1.54) is 38.5 Å². The standard InChI is InChI=1S/C14H25N3O2/c15-13(16-19)10-17(12-7-3-4-8-12)14(18)9-11-5-1-2-6-11/h11-12,19H,1-10H2,(H2,15,16). The number of hydrogen-bond acceptors (Lipinski definition) is 3. The molecule has 3 N–H and O–H groups in total. The smallest absolute Gasteiger partial charge is 0.223 e. The molecule has 0 aromatic heterocycles. The first kappa shape index (κ1) is 14.2. The van der Waals surface area contributed by atoms with E-state index in [1.807, 2.05) is 4.90 Å². The van der Waals surface area contributed by atoms with Crippen LogP contribution in [0.2, 0.25) is 0 Å². The predicted octanol–water partition coefficient (Wildman–Crippen LogP) is 2.08. The maximum absolute atomic E-state index is 12.5. The molecule has 0 aromatic rings. The van der Waals surface area contributed by atoms with Crippen LogP contribution in [0.4, 0.5) is 0 Å². The molecule has 2 aliphatic carbocycles. The zero-order valence-corrected chi connectivity index (χ0v) is 11.6. The summed E-state index contributed by atoms with van der Waals surface area (Å²) in [5.41, 5.74) is 5.59. The summed E-state index contributed by atoms with van der Waals surface area (Å²) in [5, 5.41) is 11.7. The zero-order chi connectivity index (χ0) is 13.7.